The van der Waals surface area contributed by atoms with Crippen LogP contribution in [0.15, 0.2) is 36.0 Å². The maximum atomic E-state index is 13.3. The molecule has 0 radical (unpaired) electrons. The fourth-order valence-electron chi connectivity index (χ4n) is 4.85. The quantitative estimate of drug-likeness (QED) is 0.783. The lowest BCUT2D eigenvalue weighted by atomic mass is 10.0. The van der Waals surface area contributed by atoms with Gasteiger partial charge in [-0.1, -0.05) is 49.6 Å². The van der Waals surface area contributed by atoms with Crippen molar-refractivity contribution in [3.8, 4) is 0 Å². The Morgan fingerprint density at radius 2 is 2.00 bits per heavy atom. The molecule has 2 amide bonds. The number of hydrogen-bond donors (Lipinski definition) is 1. The van der Waals surface area contributed by atoms with E-state index in [0.29, 0.717) is 12.2 Å². The Morgan fingerprint density at radius 1 is 1.23 bits per heavy atom. The molecule has 0 aliphatic carbocycles. The predicted octanol–water partition coefficient (Wildman–Crippen LogP) is 3.15. The third kappa shape index (κ3) is 4.10. The molecule has 1 aromatic carbocycles. The number of piperazine rings is 1. The van der Waals surface area contributed by atoms with Gasteiger partial charge in [0.25, 0.3) is 5.91 Å². The van der Waals surface area contributed by atoms with E-state index in [9.17, 15) is 9.59 Å². The normalized spacial score (nSPS) is 26.2. The topological polar surface area (TPSA) is 55.9 Å². The molecule has 162 valence electrons. The molecule has 2 unspecified atom stereocenters. The van der Waals surface area contributed by atoms with Gasteiger partial charge in [-0.2, -0.15) is 0 Å². The zero-order valence-corrected chi connectivity index (χ0v) is 18.4. The van der Waals surface area contributed by atoms with Gasteiger partial charge in [0.15, 0.2) is 0 Å². The zero-order chi connectivity index (χ0) is 21.3. The highest BCUT2D eigenvalue weighted by molar-refractivity contribution is 5.96. The summed E-state index contributed by atoms with van der Waals surface area (Å²) in [5, 5.41) is 2.07. The number of benzene rings is 1. The zero-order valence-electron chi connectivity index (χ0n) is 18.4. The molecule has 0 bridgehead atoms. The van der Waals surface area contributed by atoms with Gasteiger partial charge in [0.1, 0.15) is 12.2 Å². The lowest BCUT2D eigenvalue weighted by Gasteiger charge is -2.42. The Hall–Kier alpha value is -2.34. The number of nitrogens with zero attached hydrogens (tertiary/aromatic N) is 3. The van der Waals surface area contributed by atoms with Gasteiger partial charge in [-0.25, -0.2) is 5.43 Å². The van der Waals surface area contributed by atoms with Gasteiger partial charge in [0, 0.05) is 19.1 Å². The predicted molar refractivity (Wildman–Crippen MR) is 117 cm³/mol. The molecule has 6 nitrogen and oxygen atoms in total. The third-order valence-corrected chi connectivity index (χ3v) is 6.69. The smallest absolute Gasteiger partial charge is 0.271 e. The first-order valence-electron chi connectivity index (χ1n) is 11.4. The highest BCUT2D eigenvalue weighted by atomic mass is 16.2. The highest BCUT2D eigenvalue weighted by Crippen LogP contribution is 2.32. The summed E-state index contributed by atoms with van der Waals surface area (Å²) >= 11 is 0. The number of carbonyl (C=O) groups is 2. The van der Waals surface area contributed by atoms with E-state index >= 15 is 0 Å². The van der Waals surface area contributed by atoms with Crippen LogP contribution >= 0.6 is 0 Å². The highest BCUT2D eigenvalue weighted by Gasteiger charge is 2.41. The maximum absolute atomic E-state index is 13.3. The van der Waals surface area contributed by atoms with E-state index in [-0.39, 0.29) is 36.5 Å². The molecule has 2 fully saturated rings. The van der Waals surface area contributed by atoms with Crippen molar-refractivity contribution in [1.82, 2.24) is 20.2 Å². The van der Waals surface area contributed by atoms with E-state index in [1.165, 1.54) is 5.56 Å². The Bertz CT molecular complexity index is 819. The fourth-order valence-corrected chi connectivity index (χ4v) is 4.85. The Balaban J connectivity index is 1.54. The summed E-state index contributed by atoms with van der Waals surface area (Å²) in [7, 11) is 0. The number of fused-ring (bicyclic) bond motifs is 1. The number of rotatable bonds is 6. The number of amides is 2. The Labute approximate surface area is 179 Å². The molecule has 2 saturated heterocycles. The molecule has 3 aliphatic rings. The minimum Gasteiger partial charge on any atom is -0.338 e. The van der Waals surface area contributed by atoms with Crippen LogP contribution in [0.25, 0.3) is 0 Å². The summed E-state index contributed by atoms with van der Waals surface area (Å²) in [5.41, 5.74) is 6.62. The van der Waals surface area contributed by atoms with Crippen molar-refractivity contribution in [2.24, 2.45) is 0 Å². The summed E-state index contributed by atoms with van der Waals surface area (Å²) in [6, 6.07) is 8.89. The van der Waals surface area contributed by atoms with Crippen LogP contribution in [-0.4, -0.2) is 58.3 Å². The van der Waals surface area contributed by atoms with E-state index in [1.54, 1.807) is 4.90 Å². The molecule has 0 aromatic heterocycles. The number of nitrogens with one attached hydrogen (secondary N) is 1. The molecule has 30 heavy (non-hydrogen) atoms. The van der Waals surface area contributed by atoms with Gasteiger partial charge in [-0.05, 0) is 44.7 Å². The van der Waals surface area contributed by atoms with Crippen molar-refractivity contribution in [2.45, 2.75) is 71.0 Å². The van der Waals surface area contributed by atoms with Crippen molar-refractivity contribution >= 4 is 11.8 Å². The van der Waals surface area contributed by atoms with Crippen molar-refractivity contribution in [2.75, 3.05) is 19.6 Å². The SMILES string of the molecule is CCCCC1CN(CC(=O)N2CCC[C@@H]2C)C(=O)C2=CC(c3ccc(C)cc3)NN21. The van der Waals surface area contributed by atoms with E-state index < -0.39 is 0 Å². The average molecular weight is 411 g/mol. The second-order valence-electron chi connectivity index (χ2n) is 9.00. The molecule has 3 aliphatic heterocycles. The lowest BCUT2D eigenvalue weighted by Crippen LogP contribution is -2.58. The van der Waals surface area contributed by atoms with Gasteiger partial charge in [-0.15, -0.1) is 0 Å². The first kappa shape index (κ1) is 20.9. The first-order valence-corrected chi connectivity index (χ1v) is 11.4. The Morgan fingerprint density at radius 3 is 2.67 bits per heavy atom. The lowest BCUT2D eigenvalue weighted by molar-refractivity contribution is -0.143. The van der Waals surface area contributed by atoms with E-state index in [1.807, 2.05) is 11.0 Å². The summed E-state index contributed by atoms with van der Waals surface area (Å²) in [4.78, 5) is 29.9. The largest absolute Gasteiger partial charge is 0.338 e. The van der Waals surface area contributed by atoms with Gasteiger partial charge in [0.2, 0.25) is 5.91 Å². The molecule has 3 atom stereocenters. The van der Waals surface area contributed by atoms with Crippen molar-refractivity contribution < 1.29 is 9.59 Å². The van der Waals surface area contributed by atoms with Gasteiger partial charge in [-0.3, -0.25) is 14.6 Å². The van der Waals surface area contributed by atoms with Crippen LogP contribution in [0.4, 0.5) is 0 Å². The second kappa shape index (κ2) is 8.80. The molecule has 0 spiro atoms. The van der Waals surface area contributed by atoms with Crippen molar-refractivity contribution in [3.05, 3.63) is 47.2 Å². The van der Waals surface area contributed by atoms with E-state index in [4.69, 9.17) is 0 Å². The average Bonchev–Trinajstić information content (AvgIpc) is 3.36. The van der Waals surface area contributed by atoms with Gasteiger partial charge in [0.05, 0.1) is 12.1 Å². The number of unbranched alkanes of at least 4 members (excludes halogenated alkanes) is 1. The van der Waals surface area contributed by atoms with Crippen LogP contribution in [-0.2, 0) is 9.59 Å². The minimum absolute atomic E-state index is 0.0112. The number of hydrogen-bond acceptors (Lipinski definition) is 4. The molecule has 1 N–H and O–H groups in total. The summed E-state index contributed by atoms with van der Waals surface area (Å²) < 4.78 is 0. The van der Waals surface area contributed by atoms with Crippen LogP contribution in [0.1, 0.15) is 63.1 Å². The van der Waals surface area contributed by atoms with Gasteiger partial charge < -0.3 is 9.80 Å². The maximum Gasteiger partial charge on any atom is 0.271 e. The van der Waals surface area contributed by atoms with E-state index in [2.05, 4.69) is 55.5 Å². The number of aryl methyl sites for hydroxylation is 1. The third-order valence-electron chi connectivity index (χ3n) is 6.69. The van der Waals surface area contributed by atoms with E-state index in [0.717, 1.165) is 44.2 Å². The summed E-state index contributed by atoms with van der Waals surface area (Å²) in [6.45, 7) is 7.96. The van der Waals surface area contributed by atoms with Crippen LogP contribution in [0, 0.1) is 6.92 Å². The Kier molecular flexibility index (Phi) is 6.14. The minimum atomic E-state index is -0.0370. The van der Waals surface area contributed by atoms with Gasteiger partial charge >= 0.3 is 0 Å². The van der Waals surface area contributed by atoms with Crippen molar-refractivity contribution in [1.29, 1.82) is 0 Å². The molecule has 6 heteroatoms. The number of carbonyl (C=O) groups excluding carboxylic acids is 2. The summed E-state index contributed by atoms with van der Waals surface area (Å²) in [6.07, 6.45) is 7.36. The second-order valence-corrected chi connectivity index (χ2v) is 9.00. The summed E-state index contributed by atoms with van der Waals surface area (Å²) in [5.74, 6) is 0.0442. The van der Waals surface area contributed by atoms with Crippen LogP contribution < -0.4 is 5.43 Å². The molecule has 4 rings (SSSR count). The monoisotopic (exact) mass is 410 g/mol. The molecular weight excluding hydrogens is 376 g/mol. The molecule has 0 saturated carbocycles. The first-order chi connectivity index (χ1) is 14.5. The number of likely N-dealkylation sites (tertiary alicyclic amines) is 1. The van der Waals surface area contributed by atoms with Crippen LogP contribution in [0.5, 0.6) is 0 Å². The van der Waals surface area contributed by atoms with Crippen molar-refractivity contribution in [3.63, 3.8) is 0 Å². The number of hydrazine groups is 1. The molecule has 3 heterocycles. The fraction of sp³-hybridized carbons (Fsp3) is 0.583. The molecular formula is C24H34N4O2. The van der Waals surface area contributed by atoms with Crippen LogP contribution in [0.3, 0.4) is 0 Å². The van der Waals surface area contributed by atoms with Crippen LogP contribution in [0.2, 0.25) is 0 Å². The standard InChI is InChI=1S/C24H34N4O2/c1-4-5-8-20-15-26(16-23(29)27-13-6-7-18(27)3)24(30)22-14-21(25-28(20)22)19-11-9-17(2)10-12-19/h9-12,14,18,20-21,25H,4-8,13,15-16H2,1-3H3/t18-,20?,21?/m0/s1. The molecule has 1 aromatic rings.